The molecule has 0 atom stereocenters. The number of nitrogens with zero attached hydrogens (tertiary/aromatic N) is 2. The van der Waals surface area contributed by atoms with Crippen LogP contribution in [0.4, 0.5) is 0 Å². The average molecular weight is 328 g/mol. The molecule has 1 saturated heterocycles. The third-order valence-corrected chi connectivity index (χ3v) is 6.00. The van der Waals surface area contributed by atoms with Gasteiger partial charge < -0.3 is 4.90 Å². The summed E-state index contributed by atoms with van der Waals surface area (Å²) in [5, 5.41) is 0. The van der Waals surface area contributed by atoms with Crippen LogP contribution in [0.1, 0.15) is 11.1 Å². The summed E-state index contributed by atoms with van der Waals surface area (Å²) < 4.78 is 26.9. The minimum absolute atomic E-state index is 0.0536. The van der Waals surface area contributed by atoms with E-state index in [4.69, 9.17) is 0 Å². The lowest BCUT2D eigenvalue weighted by Crippen LogP contribution is -2.50. The number of piperazine rings is 1. The molecule has 0 spiro atoms. The zero-order valence-electron chi connectivity index (χ0n) is 12.2. The number of amides is 1. The topological polar surface area (TPSA) is 57.7 Å². The van der Waals surface area contributed by atoms with E-state index in [1.165, 1.54) is 4.31 Å². The summed E-state index contributed by atoms with van der Waals surface area (Å²) in [6.45, 7) is 5.17. The normalized spacial score (nSPS) is 17.0. The molecule has 5 nitrogen and oxygen atoms in total. The summed E-state index contributed by atoms with van der Waals surface area (Å²) in [6.07, 6.45) is 0. The lowest BCUT2D eigenvalue weighted by Gasteiger charge is -2.34. The highest BCUT2D eigenvalue weighted by Crippen LogP contribution is 2.22. The Hall–Kier alpha value is -1.05. The van der Waals surface area contributed by atoms with E-state index in [1.54, 1.807) is 17.9 Å². The second-order valence-corrected chi connectivity index (χ2v) is 7.43. The minimum atomic E-state index is -3.49. The maximum atomic E-state index is 12.7. The fraction of sp³-hybridized carbons (Fsp3) is 0.500. The lowest BCUT2D eigenvalue weighted by molar-refractivity contribution is -0.129. The smallest absolute Gasteiger partial charge is 0.243 e. The number of sulfonamides is 1. The monoisotopic (exact) mass is 328 g/mol. The molecular formula is C14H20N2O3S2. The summed E-state index contributed by atoms with van der Waals surface area (Å²) in [5.74, 6) is 0.103. The Morgan fingerprint density at radius 1 is 1.19 bits per heavy atom. The van der Waals surface area contributed by atoms with Crippen molar-refractivity contribution < 1.29 is 13.2 Å². The highest BCUT2D eigenvalue weighted by atomic mass is 32.2. The molecule has 1 heterocycles. The van der Waals surface area contributed by atoms with Gasteiger partial charge in [0.1, 0.15) is 0 Å². The predicted octanol–water partition coefficient (Wildman–Crippen LogP) is 1.07. The second-order valence-electron chi connectivity index (χ2n) is 5.21. The van der Waals surface area contributed by atoms with Crippen LogP contribution in [0.5, 0.6) is 0 Å². The molecule has 1 aromatic rings. The van der Waals surface area contributed by atoms with E-state index in [0.29, 0.717) is 31.1 Å². The zero-order valence-corrected chi connectivity index (χ0v) is 14.0. The molecule has 1 fully saturated rings. The summed E-state index contributed by atoms with van der Waals surface area (Å²) in [7, 11) is -3.49. The molecule has 1 aromatic carbocycles. The van der Waals surface area contributed by atoms with Gasteiger partial charge in [0.05, 0.1) is 10.6 Å². The molecule has 0 bridgehead atoms. The Bertz CT molecular complexity index is 636. The van der Waals surface area contributed by atoms with Crippen molar-refractivity contribution in [2.75, 3.05) is 31.9 Å². The summed E-state index contributed by atoms with van der Waals surface area (Å²) in [6, 6.07) is 5.43. The van der Waals surface area contributed by atoms with Crippen molar-refractivity contribution in [1.82, 2.24) is 9.21 Å². The standard InChI is InChI=1S/C14H20N2O3S2/c1-11-3-4-12(2)13(9-11)21(18,19)16-7-5-15(6-8-16)14(17)10-20/h3-4,9,20H,5-8,10H2,1-2H3. The van der Waals surface area contributed by atoms with Crippen molar-refractivity contribution >= 4 is 28.6 Å². The van der Waals surface area contributed by atoms with Gasteiger partial charge in [0, 0.05) is 26.2 Å². The van der Waals surface area contributed by atoms with E-state index < -0.39 is 10.0 Å². The van der Waals surface area contributed by atoms with E-state index in [1.807, 2.05) is 19.1 Å². The molecule has 7 heteroatoms. The molecule has 116 valence electrons. The van der Waals surface area contributed by atoms with Crippen LogP contribution >= 0.6 is 12.6 Å². The molecule has 21 heavy (non-hydrogen) atoms. The van der Waals surface area contributed by atoms with Gasteiger partial charge in [0.2, 0.25) is 15.9 Å². The first kappa shape index (κ1) is 16.3. The minimum Gasteiger partial charge on any atom is -0.339 e. The van der Waals surface area contributed by atoms with E-state index in [9.17, 15) is 13.2 Å². The highest BCUT2D eigenvalue weighted by Gasteiger charge is 2.30. The van der Waals surface area contributed by atoms with Crippen molar-refractivity contribution in [3.8, 4) is 0 Å². The van der Waals surface area contributed by atoms with Gasteiger partial charge in [-0.1, -0.05) is 12.1 Å². The van der Waals surface area contributed by atoms with Crippen LogP contribution in [0.25, 0.3) is 0 Å². The average Bonchev–Trinajstić information content (AvgIpc) is 2.49. The number of thiol groups is 1. The fourth-order valence-corrected chi connectivity index (χ4v) is 4.33. The number of carbonyl (C=O) groups is 1. The molecule has 0 aromatic heterocycles. The molecule has 2 rings (SSSR count). The largest absolute Gasteiger partial charge is 0.339 e. The second kappa shape index (κ2) is 6.37. The predicted molar refractivity (Wildman–Crippen MR) is 85.1 cm³/mol. The Kier molecular flexibility index (Phi) is 4.95. The van der Waals surface area contributed by atoms with Crippen molar-refractivity contribution in [3.63, 3.8) is 0 Å². The van der Waals surface area contributed by atoms with Gasteiger partial charge in [-0.25, -0.2) is 8.42 Å². The Morgan fingerprint density at radius 2 is 1.81 bits per heavy atom. The van der Waals surface area contributed by atoms with E-state index in [2.05, 4.69) is 12.6 Å². The fourth-order valence-electron chi connectivity index (χ4n) is 2.40. The molecule has 1 aliphatic rings. The number of aryl methyl sites for hydroxylation is 2. The Labute approximate surface area is 131 Å². The van der Waals surface area contributed by atoms with Gasteiger partial charge in [-0.2, -0.15) is 16.9 Å². The molecule has 0 saturated carbocycles. The SMILES string of the molecule is Cc1ccc(C)c(S(=O)(=O)N2CCN(C(=O)CS)CC2)c1. The van der Waals surface area contributed by atoms with Crippen LogP contribution in [0.3, 0.4) is 0 Å². The van der Waals surface area contributed by atoms with Crippen molar-refractivity contribution in [3.05, 3.63) is 29.3 Å². The van der Waals surface area contributed by atoms with Gasteiger partial charge in [-0.05, 0) is 31.0 Å². The molecule has 0 radical (unpaired) electrons. The van der Waals surface area contributed by atoms with Gasteiger partial charge >= 0.3 is 0 Å². The number of benzene rings is 1. The first-order chi connectivity index (χ1) is 9.86. The summed E-state index contributed by atoms with van der Waals surface area (Å²) in [4.78, 5) is 13.6. The third-order valence-electron chi connectivity index (χ3n) is 3.69. The van der Waals surface area contributed by atoms with Gasteiger partial charge in [-0.3, -0.25) is 4.79 Å². The highest BCUT2D eigenvalue weighted by molar-refractivity contribution is 7.89. The number of hydrogen-bond donors (Lipinski definition) is 1. The van der Waals surface area contributed by atoms with Crippen LogP contribution in [0.2, 0.25) is 0 Å². The first-order valence-electron chi connectivity index (χ1n) is 6.82. The maximum Gasteiger partial charge on any atom is 0.243 e. The lowest BCUT2D eigenvalue weighted by atomic mass is 10.2. The maximum absolute atomic E-state index is 12.7. The quantitative estimate of drug-likeness (QED) is 0.845. The van der Waals surface area contributed by atoms with Crippen molar-refractivity contribution in [2.24, 2.45) is 0 Å². The van der Waals surface area contributed by atoms with Crippen molar-refractivity contribution in [1.29, 1.82) is 0 Å². The molecule has 1 aliphatic heterocycles. The number of rotatable bonds is 3. The summed E-state index contributed by atoms with van der Waals surface area (Å²) >= 11 is 3.96. The van der Waals surface area contributed by atoms with E-state index >= 15 is 0 Å². The van der Waals surface area contributed by atoms with Gasteiger partial charge in [0.15, 0.2) is 0 Å². The van der Waals surface area contributed by atoms with Crippen molar-refractivity contribution in [2.45, 2.75) is 18.7 Å². The number of hydrogen-bond acceptors (Lipinski definition) is 4. The zero-order chi connectivity index (χ0) is 15.6. The van der Waals surface area contributed by atoms with Gasteiger partial charge in [0.25, 0.3) is 0 Å². The Morgan fingerprint density at radius 3 is 2.38 bits per heavy atom. The first-order valence-corrected chi connectivity index (χ1v) is 8.89. The van der Waals surface area contributed by atoms with E-state index in [0.717, 1.165) is 11.1 Å². The Balaban J connectivity index is 2.19. The molecule has 0 N–H and O–H groups in total. The number of carbonyl (C=O) groups excluding carboxylic acids is 1. The molecular weight excluding hydrogens is 308 g/mol. The third kappa shape index (κ3) is 3.41. The van der Waals surface area contributed by atoms with Gasteiger partial charge in [-0.15, -0.1) is 0 Å². The molecule has 1 amide bonds. The molecule has 0 aliphatic carbocycles. The van der Waals surface area contributed by atoms with Crippen LogP contribution in [-0.2, 0) is 14.8 Å². The molecule has 0 unspecified atom stereocenters. The van der Waals surface area contributed by atoms with E-state index in [-0.39, 0.29) is 11.7 Å². The van der Waals surface area contributed by atoms with Crippen LogP contribution < -0.4 is 0 Å². The van der Waals surface area contributed by atoms with Crippen LogP contribution in [-0.4, -0.2) is 55.5 Å². The van der Waals surface area contributed by atoms with Crippen LogP contribution in [0, 0.1) is 13.8 Å². The van der Waals surface area contributed by atoms with Crippen LogP contribution in [0.15, 0.2) is 23.1 Å². The summed E-state index contributed by atoms with van der Waals surface area (Å²) in [5.41, 5.74) is 1.66.